The molecular weight excluding hydrogens is 256 g/mol. The van der Waals surface area contributed by atoms with Crippen molar-refractivity contribution in [2.24, 2.45) is 5.92 Å². The fourth-order valence-electron chi connectivity index (χ4n) is 3.32. The lowest BCUT2D eigenvalue weighted by atomic mass is 9.98. The number of rotatable bonds is 7. The Balaban J connectivity index is 1.92. The molecule has 1 aliphatic heterocycles. The molecule has 0 radical (unpaired) electrons. The highest BCUT2D eigenvalue weighted by Gasteiger charge is 2.16. The maximum atomic E-state index is 3.54. The lowest BCUT2D eigenvalue weighted by Crippen LogP contribution is -2.25. The monoisotopic (exact) mass is 288 g/mol. The van der Waals surface area contributed by atoms with E-state index in [1.165, 1.54) is 56.3 Å². The first-order valence-corrected chi connectivity index (χ1v) is 8.83. The first kappa shape index (κ1) is 16.5. The summed E-state index contributed by atoms with van der Waals surface area (Å²) in [5.74, 6) is 0.955. The molecule has 1 atom stereocenters. The van der Waals surface area contributed by atoms with Gasteiger partial charge in [-0.25, -0.2) is 0 Å². The van der Waals surface area contributed by atoms with E-state index >= 15 is 0 Å². The molecule has 0 aromatic heterocycles. The second-order valence-corrected chi connectivity index (χ2v) is 6.43. The summed E-state index contributed by atoms with van der Waals surface area (Å²) in [6, 6.07) is 8.95. The Morgan fingerprint density at radius 2 is 1.90 bits per heavy atom. The zero-order valence-electron chi connectivity index (χ0n) is 13.9. The highest BCUT2D eigenvalue weighted by Crippen LogP contribution is 2.22. The van der Waals surface area contributed by atoms with Crippen LogP contribution >= 0.6 is 0 Å². The minimum Gasteiger partial charge on any atom is -0.313 e. The summed E-state index contributed by atoms with van der Waals surface area (Å²) in [5, 5.41) is 3.54. The molecule has 1 unspecified atom stereocenters. The quantitative estimate of drug-likeness (QED) is 0.757. The molecule has 1 aliphatic rings. The first-order valence-electron chi connectivity index (χ1n) is 8.83. The van der Waals surface area contributed by atoms with Gasteiger partial charge >= 0.3 is 0 Å². The molecule has 0 spiro atoms. The Labute approximate surface area is 130 Å². The molecule has 2 nitrogen and oxygen atoms in total. The summed E-state index contributed by atoms with van der Waals surface area (Å²) in [6.45, 7) is 10.4. The molecule has 21 heavy (non-hydrogen) atoms. The third kappa shape index (κ3) is 5.44. The summed E-state index contributed by atoms with van der Waals surface area (Å²) < 4.78 is 0. The van der Waals surface area contributed by atoms with Crippen molar-refractivity contribution in [2.75, 3.05) is 19.6 Å². The van der Waals surface area contributed by atoms with Crippen LogP contribution in [0.3, 0.4) is 0 Å². The average Bonchev–Trinajstić information content (AvgIpc) is 2.74. The van der Waals surface area contributed by atoms with Gasteiger partial charge < -0.3 is 5.32 Å². The normalized spacial score (nSPS) is 20.4. The van der Waals surface area contributed by atoms with Gasteiger partial charge in [0.15, 0.2) is 0 Å². The van der Waals surface area contributed by atoms with E-state index in [4.69, 9.17) is 0 Å². The van der Waals surface area contributed by atoms with Crippen LogP contribution in [0.5, 0.6) is 0 Å². The van der Waals surface area contributed by atoms with Crippen LogP contribution in [-0.4, -0.2) is 24.5 Å². The molecule has 1 N–H and O–H groups in total. The molecule has 1 aromatic rings. The van der Waals surface area contributed by atoms with Crippen LogP contribution < -0.4 is 5.32 Å². The smallest absolute Gasteiger partial charge is 0.0236 e. The Bertz CT molecular complexity index is 402. The second kappa shape index (κ2) is 9.22. The van der Waals surface area contributed by atoms with Crippen molar-refractivity contribution in [1.82, 2.24) is 10.2 Å². The number of hydrogen-bond donors (Lipinski definition) is 1. The Morgan fingerprint density at radius 1 is 1.10 bits per heavy atom. The summed E-state index contributed by atoms with van der Waals surface area (Å²) in [4.78, 5) is 2.66. The van der Waals surface area contributed by atoms with Gasteiger partial charge in [-0.15, -0.1) is 0 Å². The van der Waals surface area contributed by atoms with E-state index in [0.717, 1.165) is 25.6 Å². The van der Waals surface area contributed by atoms with Gasteiger partial charge in [-0.3, -0.25) is 4.90 Å². The highest BCUT2D eigenvalue weighted by molar-refractivity contribution is 5.27. The molecule has 0 saturated carbocycles. The zero-order chi connectivity index (χ0) is 14.9. The molecule has 0 amide bonds. The molecule has 118 valence electrons. The fraction of sp³-hybridized carbons (Fsp3) is 0.684. The molecule has 2 heteroatoms. The van der Waals surface area contributed by atoms with Crippen LogP contribution in [0.15, 0.2) is 24.3 Å². The molecule has 1 fully saturated rings. The van der Waals surface area contributed by atoms with Crippen LogP contribution in [0.4, 0.5) is 0 Å². The predicted octanol–water partition coefficient (Wildman–Crippen LogP) is 4.20. The molecule has 2 rings (SSSR count). The molecular formula is C19H32N2. The summed E-state index contributed by atoms with van der Waals surface area (Å²) in [6.07, 6.45) is 6.73. The maximum absolute atomic E-state index is 3.54. The lowest BCUT2D eigenvalue weighted by molar-refractivity contribution is 0.271. The summed E-state index contributed by atoms with van der Waals surface area (Å²) in [7, 11) is 0. The summed E-state index contributed by atoms with van der Waals surface area (Å²) in [5.41, 5.74) is 2.98. The second-order valence-electron chi connectivity index (χ2n) is 6.43. The number of nitrogens with zero attached hydrogens (tertiary/aromatic N) is 1. The van der Waals surface area contributed by atoms with E-state index in [9.17, 15) is 0 Å². The van der Waals surface area contributed by atoms with Crippen molar-refractivity contribution in [3.8, 4) is 0 Å². The van der Waals surface area contributed by atoms with Crippen molar-refractivity contribution in [3.63, 3.8) is 0 Å². The maximum Gasteiger partial charge on any atom is 0.0236 e. The minimum atomic E-state index is 0.955. The van der Waals surface area contributed by atoms with Crippen LogP contribution in [0.25, 0.3) is 0 Å². The van der Waals surface area contributed by atoms with Gasteiger partial charge in [0.05, 0.1) is 0 Å². The van der Waals surface area contributed by atoms with Gasteiger partial charge in [0, 0.05) is 13.1 Å². The standard InChI is InChI=1S/C19H32N2/c1-3-12-20-15-18-9-5-6-10-19(18)16-21-13-7-8-17(4-2)11-14-21/h5-6,9-10,17,20H,3-4,7-8,11-16H2,1-2H3. The van der Waals surface area contributed by atoms with Gasteiger partial charge in [-0.1, -0.05) is 44.5 Å². The third-order valence-electron chi connectivity index (χ3n) is 4.77. The molecule has 0 aliphatic carbocycles. The van der Waals surface area contributed by atoms with Gasteiger partial charge in [-0.2, -0.15) is 0 Å². The van der Waals surface area contributed by atoms with Crippen molar-refractivity contribution < 1.29 is 0 Å². The van der Waals surface area contributed by atoms with Crippen molar-refractivity contribution in [3.05, 3.63) is 35.4 Å². The lowest BCUT2D eigenvalue weighted by Gasteiger charge is -2.22. The molecule has 0 bridgehead atoms. The van der Waals surface area contributed by atoms with Gasteiger partial charge in [-0.05, 0) is 62.4 Å². The zero-order valence-corrected chi connectivity index (χ0v) is 13.9. The molecule has 1 saturated heterocycles. The number of benzene rings is 1. The SMILES string of the molecule is CCCNCc1ccccc1CN1CCCC(CC)CC1. The first-order chi connectivity index (χ1) is 10.3. The van der Waals surface area contributed by atoms with E-state index in [0.29, 0.717) is 0 Å². The number of nitrogens with one attached hydrogen (secondary N) is 1. The van der Waals surface area contributed by atoms with E-state index in [-0.39, 0.29) is 0 Å². The number of hydrogen-bond acceptors (Lipinski definition) is 2. The van der Waals surface area contributed by atoms with Crippen molar-refractivity contribution >= 4 is 0 Å². The van der Waals surface area contributed by atoms with E-state index in [1.807, 2.05) is 0 Å². The average molecular weight is 288 g/mol. The topological polar surface area (TPSA) is 15.3 Å². The minimum absolute atomic E-state index is 0.955. The van der Waals surface area contributed by atoms with E-state index < -0.39 is 0 Å². The van der Waals surface area contributed by atoms with Crippen LogP contribution in [0, 0.1) is 5.92 Å². The van der Waals surface area contributed by atoms with Crippen molar-refractivity contribution in [1.29, 1.82) is 0 Å². The van der Waals surface area contributed by atoms with Gasteiger partial charge in [0.1, 0.15) is 0 Å². The number of likely N-dealkylation sites (tertiary alicyclic amines) is 1. The predicted molar refractivity (Wildman–Crippen MR) is 91.3 cm³/mol. The highest BCUT2D eigenvalue weighted by atomic mass is 15.1. The van der Waals surface area contributed by atoms with E-state index in [1.54, 1.807) is 0 Å². The van der Waals surface area contributed by atoms with Gasteiger partial charge in [0.2, 0.25) is 0 Å². The van der Waals surface area contributed by atoms with E-state index in [2.05, 4.69) is 48.3 Å². The molecule has 1 heterocycles. The third-order valence-corrected chi connectivity index (χ3v) is 4.77. The summed E-state index contributed by atoms with van der Waals surface area (Å²) >= 11 is 0. The van der Waals surface area contributed by atoms with Gasteiger partial charge in [0.25, 0.3) is 0 Å². The Kier molecular flexibility index (Phi) is 7.25. The van der Waals surface area contributed by atoms with Crippen LogP contribution in [-0.2, 0) is 13.1 Å². The Hall–Kier alpha value is -0.860. The Morgan fingerprint density at radius 3 is 2.67 bits per heavy atom. The van der Waals surface area contributed by atoms with Crippen LogP contribution in [0.2, 0.25) is 0 Å². The van der Waals surface area contributed by atoms with Crippen molar-refractivity contribution in [2.45, 2.75) is 59.0 Å². The molecule has 1 aromatic carbocycles. The fourth-order valence-corrected chi connectivity index (χ4v) is 3.32. The van der Waals surface area contributed by atoms with Crippen LogP contribution in [0.1, 0.15) is 57.1 Å². The largest absolute Gasteiger partial charge is 0.313 e.